The van der Waals surface area contributed by atoms with Gasteiger partial charge in [0.15, 0.2) is 6.61 Å². The van der Waals surface area contributed by atoms with E-state index in [9.17, 15) is 10.1 Å². The maximum absolute atomic E-state index is 10.6. The maximum atomic E-state index is 10.6. The first kappa shape index (κ1) is 9.27. The summed E-state index contributed by atoms with van der Waals surface area (Å²) < 4.78 is 0.482. The number of halogens is 1. The molecule has 1 aliphatic heterocycles. The largest absolute Gasteiger partial charge is 0.398 e. The summed E-state index contributed by atoms with van der Waals surface area (Å²) in [7, 11) is 1.51. The maximum Gasteiger partial charge on any atom is 0.398 e. The van der Waals surface area contributed by atoms with E-state index in [0.717, 1.165) is 0 Å². The number of aliphatic hydroxyl groups is 1. The van der Waals surface area contributed by atoms with Crippen LogP contribution in [0.3, 0.4) is 0 Å². The lowest BCUT2D eigenvalue weighted by molar-refractivity contribution is -0.604. The summed E-state index contributed by atoms with van der Waals surface area (Å²) in [6.07, 6.45) is 1.50. The summed E-state index contributed by atoms with van der Waals surface area (Å²) in [6, 6.07) is 0. The third-order valence-corrected chi connectivity index (χ3v) is 2.14. The van der Waals surface area contributed by atoms with Crippen molar-refractivity contribution in [3.8, 4) is 0 Å². The normalized spacial score (nSPS) is 28.2. The van der Waals surface area contributed by atoms with Gasteiger partial charge in [-0.05, 0) is 15.9 Å². The molecule has 0 aromatic rings. The lowest BCUT2D eigenvalue weighted by Crippen LogP contribution is -2.59. The van der Waals surface area contributed by atoms with E-state index in [0.29, 0.717) is 4.61 Å². The molecule has 12 heavy (non-hydrogen) atoms. The summed E-state index contributed by atoms with van der Waals surface area (Å²) in [5.41, 5.74) is 0. The van der Waals surface area contributed by atoms with Crippen molar-refractivity contribution in [2.45, 2.75) is 5.79 Å². The Hall–Kier alpha value is -0.820. The molecule has 7 heteroatoms. The predicted molar refractivity (Wildman–Crippen MR) is 44.7 cm³/mol. The SMILES string of the molecule is CN1C=C(Br)NC1(CO)[N+](=O)[O-]. The number of nitrogens with zero attached hydrogens (tertiary/aromatic N) is 2. The molecule has 6 nitrogen and oxygen atoms in total. The molecule has 0 aromatic carbocycles. The summed E-state index contributed by atoms with van der Waals surface area (Å²) in [5, 5.41) is 22.0. The molecule has 0 bridgehead atoms. The lowest BCUT2D eigenvalue weighted by Gasteiger charge is -2.25. The van der Waals surface area contributed by atoms with Crippen LogP contribution in [-0.4, -0.2) is 34.4 Å². The minimum absolute atomic E-state index is 0.482. The molecule has 0 radical (unpaired) electrons. The molecule has 0 saturated carbocycles. The highest BCUT2D eigenvalue weighted by molar-refractivity contribution is 9.11. The van der Waals surface area contributed by atoms with Gasteiger partial charge in [0.2, 0.25) is 0 Å². The zero-order valence-corrected chi connectivity index (χ0v) is 7.91. The quantitative estimate of drug-likeness (QED) is 0.390. The topological polar surface area (TPSA) is 78.6 Å². The predicted octanol–water partition coefficient (Wildman–Crippen LogP) is -0.362. The highest BCUT2D eigenvalue weighted by atomic mass is 79.9. The number of hydrogen-bond donors (Lipinski definition) is 2. The Morgan fingerprint density at radius 2 is 2.58 bits per heavy atom. The van der Waals surface area contributed by atoms with E-state index < -0.39 is 17.3 Å². The molecule has 1 unspecified atom stereocenters. The average molecular weight is 238 g/mol. The van der Waals surface area contributed by atoms with Gasteiger partial charge in [-0.15, -0.1) is 0 Å². The van der Waals surface area contributed by atoms with Gasteiger partial charge < -0.3 is 5.11 Å². The Morgan fingerprint density at radius 1 is 2.00 bits per heavy atom. The van der Waals surface area contributed by atoms with Gasteiger partial charge in [-0.25, -0.2) is 0 Å². The van der Waals surface area contributed by atoms with Crippen molar-refractivity contribution in [1.82, 2.24) is 10.2 Å². The van der Waals surface area contributed by atoms with E-state index in [2.05, 4.69) is 21.2 Å². The van der Waals surface area contributed by atoms with Crippen LogP contribution in [-0.2, 0) is 0 Å². The zero-order chi connectivity index (χ0) is 9.35. The van der Waals surface area contributed by atoms with Crippen molar-refractivity contribution in [3.63, 3.8) is 0 Å². The first-order chi connectivity index (χ1) is 5.53. The van der Waals surface area contributed by atoms with Crippen LogP contribution in [0.5, 0.6) is 0 Å². The number of aliphatic hydroxyl groups excluding tert-OH is 1. The Balaban J connectivity index is 2.92. The number of likely N-dealkylation sites (N-methyl/N-ethyl adjacent to an activating group) is 1. The molecule has 0 aliphatic carbocycles. The molecular weight excluding hydrogens is 230 g/mol. The third-order valence-electron chi connectivity index (χ3n) is 1.73. The molecule has 0 aromatic heterocycles. The minimum Gasteiger partial charge on any atom is -0.384 e. The van der Waals surface area contributed by atoms with Gasteiger partial charge in [-0.1, -0.05) is 0 Å². The summed E-state index contributed by atoms with van der Waals surface area (Å²) >= 11 is 3.06. The fraction of sp³-hybridized carbons (Fsp3) is 0.600. The van der Waals surface area contributed by atoms with E-state index in [1.807, 2.05) is 0 Å². The number of rotatable bonds is 2. The van der Waals surface area contributed by atoms with Gasteiger partial charge in [0.05, 0.1) is 4.92 Å². The van der Waals surface area contributed by atoms with Crippen molar-refractivity contribution in [1.29, 1.82) is 0 Å². The Morgan fingerprint density at radius 3 is 2.75 bits per heavy atom. The Bertz CT molecular complexity index is 244. The molecule has 0 saturated heterocycles. The van der Waals surface area contributed by atoms with Gasteiger partial charge in [0.25, 0.3) is 0 Å². The van der Waals surface area contributed by atoms with Gasteiger partial charge in [0.1, 0.15) is 4.61 Å². The third kappa shape index (κ3) is 1.14. The van der Waals surface area contributed by atoms with Crippen LogP contribution in [0, 0.1) is 10.1 Å². The second-order valence-corrected chi connectivity index (χ2v) is 3.30. The first-order valence-electron chi connectivity index (χ1n) is 3.17. The van der Waals surface area contributed by atoms with Gasteiger partial charge >= 0.3 is 5.79 Å². The molecule has 68 valence electrons. The van der Waals surface area contributed by atoms with Crippen molar-refractivity contribution >= 4 is 15.9 Å². The number of hydrogen-bond acceptors (Lipinski definition) is 5. The van der Waals surface area contributed by atoms with Crippen LogP contribution >= 0.6 is 15.9 Å². The van der Waals surface area contributed by atoms with Crippen molar-refractivity contribution < 1.29 is 10.0 Å². The highest BCUT2D eigenvalue weighted by Gasteiger charge is 2.49. The van der Waals surface area contributed by atoms with Crippen LogP contribution in [0.4, 0.5) is 0 Å². The van der Waals surface area contributed by atoms with E-state index in [1.165, 1.54) is 18.1 Å². The average Bonchev–Trinajstić information content (AvgIpc) is 2.26. The van der Waals surface area contributed by atoms with Crippen LogP contribution in [0.2, 0.25) is 0 Å². The number of nitro groups is 1. The molecule has 0 fully saturated rings. The number of nitrogens with one attached hydrogen (secondary N) is 1. The molecule has 0 spiro atoms. The molecule has 2 N–H and O–H groups in total. The molecular formula is C5H8BrN3O3. The monoisotopic (exact) mass is 237 g/mol. The molecule has 1 aliphatic rings. The molecule has 1 heterocycles. The van der Waals surface area contributed by atoms with Gasteiger partial charge in [0, 0.05) is 13.2 Å². The standard InChI is InChI=1S/C5H8BrN3O3/c1-8-2-4(6)7-5(8,3-10)9(11)12/h2,7,10H,3H2,1H3. The zero-order valence-electron chi connectivity index (χ0n) is 6.32. The van der Waals surface area contributed by atoms with Gasteiger partial charge in [-0.2, -0.15) is 0 Å². The summed E-state index contributed by atoms with van der Waals surface area (Å²) in [6.45, 7) is -0.595. The molecule has 0 amide bonds. The van der Waals surface area contributed by atoms with Gasteiger partial charge in [-0.3, -0.25) is 20.3 Å². The van der Waals surface area contributed by atoms with Crippen LogP contribution < -0.4 is 5.32 Å². The summed E-state index contributed by atoms with van der Waals surface area (Å²) in [4.78, 5) is 11.3. The van der Waals surface area contributed by atoms with E-state index in [1.54, 1.807) is 0 Å². The Labute approximate surface area is 77.1 Å². The van der Waals surface area contributed by atoms with Crippen molar-refractivity contribution in [2.75, 3.05) is 13.7 Å². The van der Waals surface area contributed by atoms with Crippen molar-refractivity contribution in [2.24, 2.45) is 0 Å². The second-order valence-electron chi connectivity index (χ2n) is 2.44. The van der Waals surface area contributed by atoms with Crippen LogP contribution in [0.15, 0.2) is 10.8 Å². The molecule has 1 rings (SSSR count). The lowest BCUT2D eigenvalue weighted by atomic mass is 10.4. The second kappa shape index (κ2) is 2.91. The smallest absolute Gasteiger partial charge is 0.384 e. The fourth-order valence-electron chi connectivity index (χ4n) is 0.972. The van der Waals surface area contributed by atoms with E-state index in [-0.39, 0.29) is 0 Å². The van der Waals surface area contributed by atoms with Crippen LogP contribution in [0.25, 0.3) is 0 Å². The van der Waals surface area contributed by atoms with Crippen LogP contribution in [0.1, 0.15) is 0 Å². The highest BCUT2D eigenvalue weighted by Crippen LogP contribution is 2.23. The van der Waals surface area contributed by atoms with Crippen molar-refractivity contribution in [3.05, 3.63) is 20.9 Å². The first-order valence-corrected chi connectivity index (χ1v) is 3.96. The van der Waals surface area contributed by atoms with E-state index in [4.69, 9.17) is 5.11 Å². The summed E-state index contributed by atoms with van der Waals surface area (Å²) in [5.74, 6) is -1.61. The minimum atomic E-state index is -1.61. The Kier molecular flexibility index (Phi) is 2.25. The molecule has 1 atom stereocenters. The fourth-order valence-corrected chi connectivity index (χ4v) is 1.60. The van der Waals surface area contributed by atoms with E-state index >= 15 is 0 Å².